The fourth-order valence-electron chi connectivity index (χ4n) is 1.41. The van der Waals surface area contributed by atoms with Crippen molar-refractivity contribution in [3.63, 3.8) is 0 Å². The van der Waals surface area contributed by atoms with Crippen molar-refractivity contribution in [2.75, 3.05) is 7.11 Å². The number of hydrogen-bond donors (Lipinski definition) is 1. The van der Waals surface area contributed by atoms with Gasteiger partial charge in [0, 0.05) is 5.33 Å². The lowest BCUT2D eigenvalue weighted by molar-refractivity contribution is 0.414. The molecule has 0 saturated heterocycles. The van der Waals surface area contributed by atoms with Gasteiger partial charge in [0.2, 0.25) is 0 Å². The number of benzene rings is 2. The average Bonchev–Trinajstić information content (AvgIpc) is 2.44. The van der Waals surface area contributed by atoms with Crippen LogP contribution >= 0.6 is 39.1 Å². The van der Waals surface area contributed by atoms with Crippen LogP contribution in [0.25, 0.3) is 0 Å². The lowest BCUT2D eigenvalue weighted by Gasteiger charge is -2.03. The van der Waals surface area contributed by atoms with E-state index in [4.69, 9.17) is 33.0 Å². The molecule has 0 unspecified atom stereocenters. The number of hydrogen-bond acceptors (Lipinski definition) is 2. The molecular formula is C15H15BrCl2O2. The average molecular weight is 378 g/mol. The van der Waals surface area contributed by atoms with Crippen LogP contribution in [0.15, 0.2) is 36.4 Å². The van der Waals surface area contributed by atoms with Gasteiger partial charge in [0.25, 0.3) is 0 Å². The molecule has 0 saturated carbocycles. The molecule has 2 aromatic carbocycles. The normalized spacial score (nSPS) is 9.65. The van der Waals surface area contributed by atoms with E-state index in [1.54, 1.807) is 19.2 Å². The molecule has 5 heteroatoms. The molecule has 0 aliphatic rings. The Labute approximate surface area is 137 Å². The van der Waals surface area contributed by atoms with Gasteiger partial charge in [0.1, 0.15) is 11.5 Å². The SMILES string of the molecule is COc1cc(CBr)ccc1Cl.Cc1ccc(Cl)c(O)c1. The van der Waals surface area contributed by atoms with Crippen LogP contribution in [0.4, 0.5) is 0 Å². The second-order valence-corrected chi connectivity index (χ2v) is 5.43. The van der Waals surface area contributed by atoms with Crippen LogP contribution in [0.5, 0.6) is 11.5 Å². The highest BCUT2D eigenvalue weighted by Gasteiger charge is 1.99. The van der Waals surface area contributed by atoms with E-state index in [9.17, 15) is 0 Å². The van der Waals surface area contributed by atoms with Gasteiger partial charge in [-0.1, -0.05) is 51.3 Å². The molecule has 1 N–H and O–H groups in total. The van der Waals surface area contributed by atoms with Crippen molar-refractivity contribution in [3.05, 3.63) is 57.6 Å². The van der Waals surface area contributed by atoms with E-state index >= 15 is 0 Å². The summed E-state index contributed by atoms with van der Waals surface area (Å²) in [6, 6.07) is 10.9. The predicted molar refractivity (Wildman–Crippen MR) is 88.5 cm³/mol. The second-order valence-electron chi connectivity index (χ2n) is 4.06. The molecule has 2 aromatic rings. The Bertz CT molecular complexity index is 574. The summed E-state index contributed by atoms with van der Waals surface area (Å²) in [4.78, 5) is 0. The van der Waals surface area contributed by atoms with Crippen molar-refractivity contribution in [2.45, 2.75) is 12.3 Å². The molecule has 0 fully saturated rings. The number of alkyl halides is 1. The second kappa shape index (κ2) is 8.40. The maximum atomic E-state index is 8.97. The maximum absolute atomic E-state index is 8.97. The quantitative estimate of drug-likeness (QED) is 0.690. The highest BCUT2D eigenvalue weighted by molar-refractivity contribution is 9.08. The van der Waals surface area contributed by atoms with Crippen LogP contribution in [-0.4, -0.2) is 12.2 Å². The van der Waals surface area contributed by atoms with E-state index in [0.717, 1.165) is 22.2 Å². The van der Waals surface area contributed by atoms with Crippen LogP contribution < -0.4 is 4.74 Å². The van der Waals surface area contributed by atoms with Crippen LogP contribution in [0, 0.1) is 6.92 Å². The van der Waals surface area contributed by atoms with Gasteiger partial charge in [-0.05, 0) is 42.3 Å². The lowest BCUT2D eigenvalue weighted by atomic mass is 10.2. The van der Waals surface area contributed by atoms with Crippen molar-refractivity contribution >= 4 is 39.1 Å². The summed E-state index contributed by atoms with van der Waals surface area (Å²) in [6.07, 6.45) is 0. The summed E-state index contributed by atoms with van der Waals surface area (Å²) in [5.41, 5.74) is 2.17. The molecule has 0 radical (unpaired) electrons. The standard InChI is InChI=1S/C8H8BrClO.C7H7ClO/c1-11-8-4-6(5-9)2-3-7(8)10;1-5-2-3-6(8)7(9)4-5/h2-4H,5H2,1H3;2-4,9H,1H3. The summed E-state index contributed by atoms with van der Waals surface area (Å²) < 4.78 is 5.03. The van der Waals surface area contributed by atoms with Gasteiger partial charge in [0.15, 0.2) is 0 Å². The molecule has 2 nitrogen and oxygen atoms in total. The topological polar surface area (TPSA) is 29.5 Å². The minimum Gasteiger partial charge on any atom is -0.506 e. The van der Waals surface area contributed by atoms with Crippen LogP contribution in [0.2, 0.25) is 10.0 Å². The van der Waals surface area contributed by atoms with E-state index in [-0.39, 0.29) is 5.75 Å². The number of aromatic hydroxyl groups is 1. The first-order valence-electron chi connectivity index (χ1n) is 5.81. The van der Waals surface area contributed by atoms with E-state index in [1.165, 1.54) is 0 Å². The van der Waals surface area contributed by atoms with Crippen molar-refractivity contribution in [1.29, 1.82) is 0 Å². The van der Waals surface area contributed by atoms with Crippen molar-refractivity contribution in [2.24, 2.45) is 0 Å². The molecule has 0 aliphatic carbocycles. The summed E-state index contributed by atoms with van der Waals surface area (Å²) >= 11 is 14.7. The van der Waals surface area contributed by atoms with Gasteiger partial charge in [0.05, 0.1) is 17.2 Å². The molecule has 0 amide bonds. The molecule has 108 valence electrons. The summed E-state index contributed by atoms with van der Waals surface area (Å²) in [7, 11) is 1.61. The Morgan fingerprint density at radius 3 is 2.25 bits per heavy atom. The molecule has 0 bridgehead atoms. The molecular weight excluding hydrogens is 363 g/mol. The highest BCUT2D eigenvalue weighted by Crippen LogP contribution is 2.25. The minimum atomic E-state index is 0.150. The summed E-state index contributed by atoms with van der Waals surface area (Å²) in [6.45, 7) is 1.90. The molecule has 2 rings (SSSR count). The fourth-order valence-corrected chi connectivity index (χ4v) is 2.07. The Balaban J connectivity index is 0.000000204. The zero-order valence-corrected chi connectivity index (χ0v) is 14.3. The monoisotopic (exact) mass is 376 g/mol. The molecule has 0 aliphatic heterocycles. The third kappa shape index (κ3) is 5.23. The van der Waals surface area contributed by atoms with E-state index in [1.807, 2.05) is 31.2 Å². The number of phenolic OH excluding ortho intramolecular Hbond substituents is 1. The largest absolute Gasteiger partial charge is 0.506 e. The van der Waals surface area contributed by atoms with Gasteiger partial charge >= 0.3 is 0 Å². The fraction of sp³-hybridized carbons (Fsp3) is 0.200. The number of ether oxygens (including phenoxy) is 1. The summed E-state index contributed by atoms with van der Waals surface area (Å²) in [5, 5.41) is 10.8. The van der Waals surface area contributed by atoms with E-state index < -0.39 is 0 Å². The lowest BCUT2D eigenvalue weighted by Crippen LogP contribution is -1.85. The van der Waals surface area contributed by atoms with Crippen molar-refractivity contribution in [3.8, 4) is 11.5 Å². The smallest absolute Gasteiger partial charge is 0.137 e. The van der Waals surface area contributed by atoms with Crippen LogP contribution in [0.3, 0.4) is 0 Å². The summed E-state index contributed by atoms with van der Waals surface area (Å²) in [5.74, 6) is 0.875. The number of aryl methyl sites for hydroxylation is 1. The Morgan fingerprint density at radius 2 is 1.75 bits per heavy atom. The third-order valence-electron chi connectivity index (χ3n) is 2.47. The third-order valence-corrected chi connectivity index (χ3v) is 3.75. The van der Waals surface area contributed by atoms with Crippen LogP contribution in [-0.2, 0) is 5.33 Å². The zero-order chi connectivity index (χ0) is 15.1. The first kappa shape index (κ1) is 17.2. The van der Waals surface area contributed by atoms with Gasteiger partial charge in [-0.3, -0.25) is 0 Å². The Kier molecular flexibility index (Phi) is 7.20. The predicted octanol–water partition coefficient (Wildman–Crippen LogP) is 5.60. The zero-order valence-electron chi connectivity index (χ0n) is 11.2. The number of halogens is 3. The molecule has 0 atom stereocenters. The van der Waals surface area contributed by atoms with Gasteiger partial charge in [-0.2, -0.15) is 0 Å². The molecule has 0 aromatic heterocycles. The van der Waals surface area contributed by atoms with Crippen molar-refractivity contribution in [1.82, 2.24) is 0 Å². The molecule has 0 heterocycles. The highest BCUT2D eigenvalue weighted by atomic mass is 79.9. The minimum absolute atomic E-state index is 0.150. The Morgan fingerprint density at radius 1 is 1.10 bits per heavy atom. The first-order chi connectivity index (χ1) is 9.47. The number of methoxy groups -OCH3 is 1. The number of phenols is 1. The van der Waals surface area contributed by atoms with Gasteiger partial charge < -0.3 is 9.84 Å². The number of rotatable bonds is 2. The molecule has 20 heavy (non-hydrogen) atoms. The first-order valence-corrected chi connectivity index (χ1v) is 7.69. The van der Waals surface area contributed by atoms with E-state index in [0.29, 0.717) is 10.0 Å². The maximum Gasteiger partial charge on any atom is 0.137 e. The Hall–Kier alpha value is -0.900. The van der Waals surface area contributed by atoms with Crippen LogP contribution in [0.1, 0.15) is 11.1 Å². The van der Waals surface area contributed by atoms with Gasteiger partial charge in [-0.15, -0.1) is 0 Å². The van der Waals surface area contributed by atoms with Crippen molar-refractivity contribution < 1.29 is 9.84 Å². The van der Waals surface area contributed by atoms with E-state index in [2.05, 4.69) is 15.9 Å². The van der Waals surface area contributed by atoms with Gasteiger partial charge in [-0.25, -0.2) is 0 Å². The molecule has 0 spiro atoms.